The molecule has 1 amide bonds. The quantitative estimate of drug-likeness (QED) is 0.569. The van der Waals surface area contributed by atoms with E-state index in [0.29, 0.717) is 17.8 Å². The Kier molecular flexibility index (Phi) is 6.35. The van der Waals surface area contributed by atoms with E-state index in [9.17, 15) is 18.0 Å². The lowest BCUT2D eigenvalue weighted by molar-refractivity contribution is -0.137. The van der Waals surface area contributed by atoms with Crippen molar-refractivity contribution in [2.75, 3.05) is 13.2 Å². The summed E-state index contributed by atoms with van der Waals surface area (Å²) in [4.78, 5) is 20.6. The summed E-state index contributed by atoms with van der Waals surface area (Å²) in [5, 5.41) is 8.32. The van der Waals surface area contributed by atoms with Crippen LogP contribution in [-0.2, 0) is 6.18 Å². The van der Waals surface area contributed by atoms with Gasteiger partial charge in [-0.05, 0) is 43.9 Å². The molecule has 1 aliphatic heterocycles. The first-order valence-corrected chi connectivity index (χ1v) is 10.7. The molecule has 1 fully saturated rings. The van der Waals surface area contributed by atoms with Crippen LogP contribution in [0.4, 0.5) is 13.2 Å². The summed E-state index contributed by atoms with van der Waals surface area (Å²) >= 11 is 0. The van der Waals surface area contributed by atoms with Crippen LogP contribution in [0.25, 0.3) is 5.69 Å². The van der Waals surface area contributed by atoms with E-state index in [4.69, 9.17) is 4.74 Å². The van der Waals surface area contributed by atoms with Gasteiger partial charge in [-0.15, -0.1) is 0 Å². The Morgan fingerprint density at radius 2 is 1.94 bits per heavy atom. The number of carbonyl (C=O) groups excluding carboxylic acids is 1. The van der Waals surface area contributed by atoms with Crippen LogP contribution < -0.4 is 4.74 Å². The predicted octanol–water partition coefficient (Wildman–Crippen LogP) is 4.31. The highest BCUT2D eigenvalue weighted by Gasteiger charge is 2.35. The molecule has 2 aromatic heterocycles. The number of hydrogen-bond donors (Lipinski definition) is 0. The normalized spacial score (nSPS) is 18.9. The largest absolute Gasteiger partial charge is 0.475 e. The number of aryl methyl sites for hydroxylation is 1. The van der Waals surface area contributed by atoms with E-state index in [-0.39, 0.29) is 30.4 Å². The van der Waals surface area contributed by atoms with Crippen LogP contribution in [-0.4, -0.2) is 50.0 Å². The Bertz CT molecular complexity index is 1100. The van der Waals surface area contributed by atoms with Gasteiger partial charge in [-0.1, -0.05) is 18.6 Å². The molecule has 2 atom stereocenters. The van der Waals surface area contributed by atoms with E-state index in [2.05, 4.69) is 15.2 Å². The SMILES string of the molecule is Cc1ccc(-n2nccn2)c(C(=O)N2CCCC(C)C2COc2ccc(C(F)(F)F)cn2)c1. The first-order chi connectivity index (χ1) is 15.7. The maximum Gasteiger partial charge on any atom is 0.417 e. The van der Waals surface area contributed by atoms with Gasteiger partial charge >= 0.3 is 6.18 Å². The Balaban J connectivity index is 1.55. The van der Waals surface area contributed by atoms with Gasteiger partial charge < -0.3 is 9.64 Å². The molecule has 0 bridgehead atoms. The summed E-state index contributed by atoms with van der Waals surface area (Å²) < 4.78 is 44.1. The summed E-state index contributed by atoms with van der Waals surface area (Å²) in [5.41, 5.74) is 1.16. The minimum absolute atomic E-state index is 0.0881. The molecule has 1 aliphatic rings. The number of benzene rings is 1. The molecule has 10 heteroatoms. The molecule has 0 spiro atoms. The van der Waals surface area contributed by atoms with E-state index in [1.807, 2.05) is 32.0 Å². The third-order valence-electron chi connectivity index (χ3n) is 5.86. The molecular weight excluding hydrogens is 435 g/mol. The van der Waals surface area contributed by atoms with Crippen molar-refractivity contribution in [1.82, 2.24) is 24.9 Å². The van der Waals surface area contributed by atoms with E-state index >= 15 is 0 Å². The van der Waals surface area contributed by atoms with Gasteiger partial charge in [0.1, 0.15) is 6.61 Å². The lowest BCUT2D eigenvalue weighted by Gasteiger charge is -2.40. The van der Waals surface area contributed by atoms with Crippen molar-refractivity contribution < 1.29 is 22.7 Å². The summed E-state index contributed by atoms with van der Waals surface area (Å²) in [7, 11) is 0. The second-order valence-electron chi connectivity index (χ2n) is 8.22. The van der Waals surface area contributed by atoms with Gasteiger partial charge in [0.15, 0.2) is 0 Å². The van der Waals surface area contributed by atoms with E-state index in [1.165, 1.54) is 10.9 Å². The fourth-order valence-corrected chi connectivity index (χ4v) is 4.05. The second-order valence-corrected chi connectivity index (χ2v) is 8.22. The van der Waals surface area contributed by atoms with Crippen LogP contribution in [0.3, 0.4) is 0 Å². The average Bonchev–Trinajstić information content (AvgIpc) is 3.32. The van der Waals surface area contributed by atoms with Crippen molar-refractivity contribution in [2.45, 2.75) is 38.9 Å². The number of rotatable bonds is 5. The summed E-state index contributed by atoms with van der Waals surface area (Å²) in [6.45, 7) is 4.64. The molecule has 7 nitrogen and oxygen atoms in total. The van der Waals surface area contributed by atoms with E-state index in [1.54, 1.807) is 17.3 Å². The van der Waals surface area contributed by atoms with Crippen molar-refractivity contribution in [3.05, 3.63) is 65.6 Å². The highest BCUT2D eigenvalue weighted by atomic mass is 19.4. The zero-order chi connectivity index (χ0) is 23.6. The Morgan fingerprint density at radius 1 is 1.18 bits per heavy atom. The number of halogens is 3. The van der Waals surface area contributed by atoms with Crippen LogP contribution in [0.2, 0.25) is 0 Å². The molecule has 174 valence electrons. The molecular formula is C23H24F3N5O2. The Morgan fingerprint density at radius 3 is 2.61 bits per heavy atom. The second kappa shape index (κ2) is 9.21. The molecule has 0 aliphatic carbocycles. The van der Waals surface area contributed by atoms with Gasteiger partial charge in [0, 0.05) is 18.8 Å². The number of amides is 1. The molecule has 2 unspecified atom stereocenters. The molecule has 1 saturated heterocycles. The summed E-state index contributed by atoms with van der Waals surface area (Å²) in [5.74, 6) is 0.0740. The molecule has 3 aromatic rings. The van der Waals surface area contributed by atoms with E-state index < -0.39 is 11.7 Å². The van der Waals surface area contributed by atoms with Crippen LogP contribution in [0.15, 0.2) is 48.9 Å². The first kappa shape index (κ1) is 22.8. The topological polar surface area (TPSA) is 73.1 Å². The van der Waals surface area contributed by atoms with Gasteiger partial charge in [0.05, 0.1) is 35.2 Å². The molecule has 33 heavy (non-hydrogen) atoms. The molecule has 0 radical (unpaired) electrons. The fourth-order valence-electron chi connectivity index (χ4n) is 4.05. The molecule has 0 N–H and O–H groups in total. The van der Waals surface area contributed by atoms with Crippen molar-refractivity contribution in [1.29, 1.82) is 0 Å². The molecule has 4 rings (SSSR count). The van der Waals surface area contributed by atoms with Crippen molar-refractivity contribution in [3.63, 3.8) is 0 Å². The molecule has 1 aromatic carbocycles. The maximum absolute atomic E-state index is 13.7. The van der Waals surface area contributed by atoms with Crippen molar-refractivity contribution in [2.24, 2.45) is 5.92 Å². The van der Waals surface area contributed by atoms with Crippen LogP contribution >= 0.6 is 0 Å². The van der Waals surface area contributed by atoms with Crippen LogP contribution in [0, 0.1) is 12.8 Å². The van der Waals surface area contributed by atoms with Gasteiger partial charge in [-0.25, -0.2) is 4.98 Å². The lowest BCUT2D eigenvalue weighted by Crippen LogP contribution is -2.50. The number of ether oxygens (including phenoxy) is 1. The standard InChI is InChI=1S/C23H24F3N5O2/c1-15-5-7-19(31-28-9-10-29-31)18(12-15)22(32)30-11-3-4-16(2)20(30)14-33-21-8-6-17(13-27-21)23(24,25)26/h5-10,12-13,16,20H,3-4,11,14H2,1-2H3. The zero-order valence-corrected chi connectivity index (χ0v) is 18.3. The number of pyridine rings is 1. The van der Waals surface area contributed by atoms with Gasteiger partial charge in [-0.3, -0.25) is 4.79 Å². The number of nitrogens with zero attached hydrogens (tertiary/aromatic N) is 5. The zero-order valence-electron chi connectivity index (χ0n) is 18.3. The summed E-state index contributed by atoms with van der Waals surface area (Å²) in [6.07, 6.45) is 1.15. The number of alkyl halides is 3. The smallest absolute Gasteiger partial charge is 0.417 e. The highest BCUT2D eigenvalue weighted by Crippen LogP contribution is 2.30. The van der Waals surface area contributed by atoms with Crippen molar-refractivity contribution in [3.8, 4) is 11.6 Å². The number of aromatic nitrogens is 4. The number of carbonyl (C=O) groups is 1. The van der Waals surface area contributed by atoms with Crippen molar-refractivity contribution >= 4 is 5.91 Å². The number of hydrogen-bond acceptors (Lipinski definition) is 5. The third kappa shape index (κ3) is 4.99. The number of likely N-dealkylation sites (tertiary alicyclic amines) is 1. The Hall–Kier alpha value is -3.43. The minimum Gasteiger partial charge on any atom is -0.475 e. The minimum atomic E-state index is -4.46. The maximum atomic E-state index is 13.7. The van der Waals surface area contributed by atoms with Gasteiger partial charge in [0.25, 0.3) is 5.91 Å². The monoisotopic (exact) mass is 459 g/mol. The Labute approximate surface area is 189 Å². The first-order valence-electron chi connectivity index (χ1n) is 10.7. The van der Waals surface area contributed by atoms with Gasteiger partial charge in [-0.2, -0.15) is 28.2 Å². The lowest BCUT2D eigenvalue weighted by atomic mass is 9.90. The molecule has 0 saturated carbocycles. The highest BCUT2D eigenvalue weighted by molar-refractivity contribution is 5.98. The van der Waals surface area contributed by atoms with E-state index in [0.717, 1.165) is 30.7 Å². The van der Waals surface area contributed by atoms with Gasteiger partial charge in [0.2, 0.25) is 5.88 Å². The summed E-state index contributed by atoms with van der Waals surface area (Å²) in [6, 6.07) is 7.40. The fraction of sp³-hybridized carbons (Fsp3) is 0.391. The van der Waals surface area contributed by atoms with Crippen LogP contribution in [0.5, 0.6) is 5.88 Å². The average molecular weight is 459 g/mol. The number of piperidine rings is 1. The predicted molar refractivity (Wildman–Crippen MR) is 114 cm³/mol. The van der Waals surface area contributed by atoms with Crippen LogP contribution in [0.1, 0.15) is 41.3 Å². The third-order valence-corrected chi connectivity index (χ3v) is 5.86. The molecule has 3 heterocycles.